The number of ether oxygens (including phenoxy) is 1. The summed E-state index contributed by atoms with van der Waals surface area (Å²) in [6.07, 6.45) is 5.61. The fraction of sp³-hybridized carbons (Fsp3) is 0.500. The van der Waals surface area contributed by atoms with Gasteiger partial charge < -0.3 is 26.2 Å². The molecule has 0 aliphatic carbocycles. The highest BCUT2D eigenvalue weighted by Crippen LogP contribution is 2.22. The van der Waals surface area contributed by atoms with Crippen LogP contribution in [0.3, 0.4) is 0 Å². The highest BCUT2D eigenvalue weighted by Gasteiger charge is 2.28. The van der Waals surface area contributed by atoms with Gasteiger partial charge in [-0.05, 0) is 31.9 Å². The lowest BCUT2D eigenvalue weighted by molar-refractivity contribution is -0.904. The Kier molecular flexibility index (Phi) is 11.1. The van der Waals surface area contributed by atoms with Crippen LogP contribution in [0.25, 0.3) is 0 Å². The molecule has 4 heteroatoms. The third-order valence-corrected chi connectivity index (χ3v) is 3.82. The smallest absolute Gasteiger partial charge is 0.333 e. The van der Waals surface area contributed by atoms with Crippen molar-refractivity contribution in [3.63, 3.8) is 0 Å². The summed E-state index contributed by atoms with van der Waals surface area (Å²) >= 11 is 0. The Bertz CT molecular complexity index is 450. The summed E-state index contributed by atoms with van der Waals surface area (Å²) in [7, 11) is 5.70. The molecule has 22 heavy (non-hydrogen) atoms. The largest absolute Gasteiger partial charge is 1.00 e. The molecule has 0 rings (SSSR count). The summed E-state index contributed by atoms with van der Waals surface area (Å²) in [4.78, 5) is 11.4. The molecule has 0 saturated carbocycles. The molecule has 0 N–H and O–H groups in total. The van der Waals surface area contributed by atoms with Gasteiger partial charge in [0.2, 0.25) is 0 Å². The summed E-state index contributed by atoms with van der Waals surface area (Å²) in [6, 6.07) is 0.309. The Labute approximate surface area is 146 Å². The standard InChI is InChI=1S/C18H30NO2.BrH/c1-9-15(4)10-11-17(14(2)3)19(6,7)13-12-16(5)18(20)21-8;/h9,12,17H,1-2,4,10-11,13H2,3,5-8H3;1H/q+1;/p-1/b16-12+;. The van der Waals surface area contributed by atoms with E-state index >= 15 is 0 Å². The zero-order chi connectivity index (χ0) is 16.6. The molecular weight excluding hydrogens is 342 g/mol. The van der Waals surface area contributed by atoms with Gasteiger partial charge in [0.25, 0.3) is 0 Å². The van der Waals surface area contributed by atoms with Gasteiger partial charge >= 0.3 is 5.97 Å². The third kappa shape index (κ3) is 7.76. The fourth-order valence-corrected chi connectivity index (χ4v) is 2.36. The average molecular weight is 372 g/mol. The van der Waals surface area contributed by atoms with Crippen LogP contribution in [0.5, 0.6) is 0 Å². The van der Waals surface area contributed by atoms with Crippen LogP contribution in [-0.2, 0) is 9.53 Å². The molecule has 0 saturated heterocycles. The highest BCUT2D eigenvalue weighted by atomic mass is 79.9. The molecule has 0 aromatic heterocycles. The Morgan fingerprint density at radius 2 is 1.82 bits per heavy atom. The monoisotopic (exact) mass is 371 g/mol. The second-order valence-corrected chi connectivity index (χ2v) is 6.10. The predicted molar refractivity (Wildman–Crippen MR) is 89.9 cm³/mol. The maximum absolute atomic E-state index is 11.4. The number of allylic oxidation sites excluding steroid dienone is 2. The summed E-state index contributed by atoms with van der Waals surface area (Å²) in [6.45, 7) is 16.4. The molecule has 0 fully saturated rings. The number of nitrogens with zero attached hydrogens (tertiary/aromatic N) is 1. The topological polar surface area (TPSA) is 26.3 Å². The van der Waals surface area contributed by atoms with Gasteiger partial charge in [0, 0.05) is 12.0 Å². The number of quaternary nitrogens is 1. The molecule has 0 spiro atoms. The quantitative estimate of drug-likeness (QED) is 0.195. The van der Waals surface area contributed by atoms with Gasteiger partial charge in [0.1, 0.15) is 6.04 Å². The summed E-state index contributed by atoms with van der Waals surface area (Å²) in [5, 5.41) is 0. The number of likely N-dealkylation sites (N-methyl/N-ethyl adjacent to an activating group) is 1. The molecule has 0 amide bonds. The van der Waals surface area contributed by atoms with Gasteiger partial charge in [0.05, 0.1) is 27.7 Å². The van der Waals surface area contributed by atoms with Crippen LogP contribution in [-0.4, -0.2) is 44.2 Å². The number of methoxy groups -OCH3 is 1. The number of hydrogen-bond acceptors (Lipinski definition) is 2. The maximum atomic E-state index is 11.4. The van der Waals surface area contributed by atoms with Crippen LogP contribution in [0.1, 0.15) is 26.7 Å². The Balaban J connectivity index is 0. The number of rotatable bonds is 9. The van der Waals surface area contributed by atoms with Gasteiger partial charge in [-0.25, -0.2) is 4.79 Å². The van der Waals surface area contributed by atoms with Gasteiger partial charge in [-0.1, -0.05) is 31.4 Å². The van der Waals surface area contributed by atoms with Gasteiger partial charge in [0.15, 0.2) is 0 Å². The lowest BCUT2D eigenvalue weighted by atomic mass is 9.98. The minimum atomic E-state index is -0.276. The second kappa shape index (κ2) is 10.6. The van der Waals surface area contributed by atoms with E-state index in [0.717, 1.165) is 35.0 Å². The zero-order valence-corrected chi connectivity index (χ0v) is 16.2. The van der Waals surface area contributed by atoms with Gasteiger partial charge in [-0.15, -0.1) is 0 Å². The molecule has 0 aromatic rings. The number of esters is 1. The molecule has 126 valence electrons. The van der Waals surface area contributed by atoms with Crippen molar-refractivity contribution in [2.45, 2.75) is 32.7 Å². The lowest BCUT2D eigenvalue weighted by Gasteiger charge is -2.38. The SMILES string of the molecule is C=CC(=C)CCC(C(=C)C)[N+](C)(C)C/C=C(\C)C(=O)OC.[Br-]. The second-order valence-electron chi connectivity index (χ2n) is 6.10. The zero-order valence-electron chi connectivity index (χ0n) is 14.6. The average Bonchev–Trinajstić information content (AvgIpc) is 2.43. The fourth-order valence-electron chi connectivity index (χ4n) is 2.36. The first kappa shape index (κ1) is 23.1. The van der Waals surface area contributed by atoms with Crippen LogP contribution >= 0.6 is 0 Å². The molecule has 3 nitrogen and oxygen atoms in total. The minimum absolute atomic E-state index is 0. The normalized spacial score (nSPS) is 12.9. The molecule has 0 aliphatic rings. The van der Waals surface area contributed by atoms with E-state index in [2.05, 4.69) is 40.8 Å². The number of carbonyl (C=O) groups is 1. The van der Waals surface area contributed by atoms with Crippen molar-refractivity contribution in [3.8, 4) is 0 Å². The molecule has 0 aliphatic heterocycles. The van der Waals surface area contributed by atoms with Crippen LogP contribution in [0.2, 0.25) is 0 Å². The molecule has 0 aromatic carbocycles. The van der Waals surface area contributed by atoms with Crippen molar-refractivity contribution in [3.05, 3.63) is 48.6 Å². The van der Waals surface area contributed by atoms with Crippen molar-refractivity contribution < 1.29 is 31.0 Å². The Morgan fingerprint density at radius 1 is 1.27 bits per heavy atom. The van der Waals surface area contributed by atoms with Crippen LogP contribution in [0.15, 0.2) is 48.6 Å². The van der Waals surface area contributed by atoms with E-state index < -0.39 is 0 Å². The lowest BCUT2D eigenvalue weighted by Crippen LogP contribution is -3.00. The van der Waals surface area contributed by atoms with Crippen molar-refractivity contribution in [2.24, 2.45) is 0 Å². The first-order chi connectivity index (χ1) is 9.65. The molecular formula is C18H30BrNO2. The van der Waals surface area contributed by atoms with Crippen molar-refractivity contribution >= 4 is 5.97 Å². The number of carbonyl (C=O) groups excluding carboxylic acids is 1. The van der Waals surface area contributed by atoms with Crippen molar-refractivity contribution in [2.75, 3.05) is 27.7 Å². The van der Waals surface area contributed by atoms with Gasteiger partial charge in [-0.3, -0.25) is 0 Å². The third-order valence-electron chi connectivity index (χ3n) is 3.82. The van der Waals surface area contributed by atoms with E-state index in [9.17, 15) is 4.79 Å². The van der Waals surface area contributed by atoms with Crippen LogP contribution in [0.4, 0.5) is 0 Å². The minimum Gasteiger partial charge on any atom is -1.00 e. The molecule has 0 bridgehead atoms. The Hall–Kier alpha value is -1.13. The summed E-state index contributed by atoms with van der Waals surface area (Å²) in [5.41, 5.74) is 2.82. The first-order valence-corrected chi connectivity index (χ1v) is 7.19. The van der Waals surface area contributed by atoms with E-state index in [1.807, 2.05) is 6.08 Å². The molecule has 1 atom stereocenters. The highest BCUT2D eigenvalue weighted by molar-refractivity contribution is 5.87. The van der Waals surface area contributed by atoms with Gasteiger partial charge in [-0.2, -0.15) is 0 Å². The van der Waals surface area contributed by atoms with Crippen LogP contribution < -0.4 is 17.0 Å². The molecule has 0 radical (unpaired) electrons. The van der Waals surface area contributed by atoms with E-state index in [-0.39, 0.29) is 23.0 Å². The van der Waals surface area contributed by atoms with E-state index in [0.29, 0.717) is 11.6 Å². The Morgan fingerprint density at radius 3 is 2.23 bits per heavy atom. The summed E-state index contributed by atoms with van der Waals surface area (Å²) < 4.78 is 5.47. The number of halogens is 1. The van der Waals surface area contributed by atoms with E-state index in [4.69, 9.17) is 4.74 Å². The summed E-state index contributed by atoms with van der Waals surface area (Å²) in [5.74, 6) is -0.276. The van der Waals surface area contributed by atoms with E-state index in [1.165, 1.54) is 7.11 Å². The molecule has 1 unspecified atom stereocenters. The van der Waals surface area contributed by atoms with Crippen LogP contribution in [0, 0.1) is 0 Å². The van der Waals surface area contributed by atoms with Crippen molar-refractivity contribution in [1.82, 2.24) is 0 Å². The molecule has 0 heterocycles. The predicted octanol–water partition coefficient (Wildman–Crippen LogP) is 0.653. The van der Waals surface area contributed by atoms with Crippen molar-refractivity contribution in [1.29, 1.82) is 0 Å². The first-order valence-electron chi connectivity index (χ1n) is 7.19. The number of hydrogen-bond donors (Lipinski definition) is 0. The van der Waals surface area contributed by atoms with E-state index in [1.54, 1.807) is 13.0 Å². The maximum Gasteiger partial charge on any atom is 0.333 e.